The number of carbonyl (C=O) groups is 1. The van der Waals surface area contributed by atoms with Gasteiger partial charge in [-0.1, -0.05) is 59.8 Å². The second kappa shape index (κ2) is 8.49. The summed E-state index contributed by atoms with van der Waals surface area (Å²) in [5.41, 5.74) is 12.3. The highest BCUT2D eigenvalue weighted by atomic mass is 32.1. The van der Waals surface area contributed by atoms with Gasteiger partial charge in [0.05, 0.1) is 23.3 Å². The third-order valence-electron chi connectivity index (χ3n) is 5.12. The lowest BCUT2D eigenvalue weighted by molar-refractivity contribution is 0.102. The Morgan fingerprint density at radius 2 is 1.72 bits per heavy atom. The van der Waals surface area contributed by atoms with E-state index in [1.54, 1.807) is 28.3 Å². The third-order valence-corrected chi connectivity index (χ3v) is 5.80. The summed E-state index contributed by atoms with van der Waals surface area (Å²) < 4.78 is 1.61. The minimum atomic E-state index is -0.373. The SMILES string of the molecule is Nc1ccc(-c2ccsc2)cc1NC(=O)c1cn(-c2ccccc2-c2ccccc2)nn1. The summed E-state index contributed by atoms with van der Waals surface area (Å²) in [4.78, 5) is 12.9. The van der Waals surface area contributed by atoms with Crippen molar-refractivity contribution in [1.29, 1.82) is 0 Å². The topological polar surface area (TPSA) is 85.8 Å². The van der Waals surface area contributed by atoms with Gasteiger partial charge in [0.2, 0.25) is 0 Å². The fourth-order valence-electron chi connectivity index (χ4n) is 3.48. The molecule has 6 nitrogen and oxygen atoms in total. The smallest absolute Gasteiger partial charge is 0.277 e. The molecule has 7 heteroatoms. The molecular formula is C25H19N5OS. The van der Waals surface area contributed by atoms with Crippen LogP contribution in [0, 0.1) is 0 Å². The van der Waals surface area contributed by atoms with Gasteiger partial charge in [0.15, 0.2) is 5.69 Å². The lowest BCUT2D eigenvalue weighted by atomic mass is 10.0. The molecule has 0 unspecified atom stereocenters. The number of aromatic nitrogens is 3. The summed E-state index contributed by atoms with van der Waals surface area (Å²) in [6.45, 7) is 0. The van der Waals surface area contributed by atoms with E-state index < -0.39 is 0 Å². The molecule has 3 aromatic carbocycles. The molecule has 0 bridgehead atoms. The van der Waals surface area contributed by atoms with Crippen LogP contribution in [0.5, 0.6) is 0 Å². The molecule has 2 heterocycles. The summed E-state index contributed by atoms with van der Waals surface area (Å²) >= 11 is 1.62. The van der Waals surface area contributed by atoms with Gasteiger partial charge in [0, 0.05) is 5.56 Å². The van der Waals surface area contributed by atoms with E-state index in [2.05, 4.69) is 15.6 Å². The Morgan fingerprint density at radius 1 is 0.906 bits per heavy atom. The van der Waals surface area contributed by atoms with Crippen molar-refractivity contribution in [2.45, 2.75) is 0 Å². The van der Waals surface area contributed by atoms with Gasteiger partial charge in [0.1, 0.15) is 0 Å². The second-order valence-electron chi connectivity index (χ2n) is 7.20. The van der Waals surface area contributed by atoms with Gasteiger partial charge >= 0.3 is 0 Å². The zero-order chi connectivity index (χ0) is 21.9. The fourth-order valence-corrected chi connectivity index (χ4v) is 4.15. The molecule has 3 N–H and O–H groups in total. The van der Waals surface area contributed by atoms with Crippen LogP contribution in [0.3, 0.4) is 0 Å². The molecule has 5 rings (SSSR count). The monoisotopic (exact) mass is 437 g/mol. The molecule has 0 spiro atoms. The number of carbonyl (C=O) groups excluding carboxylic acids is 1. The molecule has 0 aliphatic carbocycles. The first kappa shape index (κ1) is 19.7. The van der Waals surface area contributed by atoms with Crippen LogP contribution < -0.4 is 11.1 Å². The quantitative estimate of drug-likeness (QED) is 0.356. The minimum absolute atomic E-state index is 0.202. The number of para-hydroxylation sites is 1. The zero-order valence-corrected chi connectivity index (χ0v) is 17.8. The zero-order valence-electron chi connectivity index (χ0n) is 17.0. The first-order valence-corrected chi connectivity index (χ1v) is 10.9. The highest BCUT2D eigenvalue weighted by molar-refractivity contribution is 7.08. The molecule has 32 heavy (non-hydrogen) atoms. The normalized spacial score (nSPS) is 10.8. The van der Waals surface area contributed by atoms with Gasteiger partial charge in [-0.3, -0.25) is 4.79 Å². The largest absolute Gasteiger partial charge is 0.397 e. The van der Waals surface area contributed by atoms with E-state index in [1.807, 2.05) is 83.6 Å². The molecule has 156 valence electrons. The number of amides is 1. The number of anilines is 2. The van der Waals surface area contributed by atoms with E-state index in [0.717, 1.165) is 27.9 Å². The van der Waals surface area contributed by atoms with E-state index >= 15 is 0 Å². The number of thiophene rings is 1. The van der Waals surface area contributed by atoms with Crippen LogP contribution in [0.2, 0.25) is 0 Å². The Balaban J connectivity index is 1.42. The predicted octanol–water partition coefficient (Wildman–Crippen LogP) is 5.50. The van der Waals surface area contributed by atoms with Crippen LogP contribution in [-0.4, -0.2) is 20.9 Å². The van der Waals surface area contributed by atoms with E-state index in [4.69, 9.17) is 5.73 Å². The maximum Gasteiger partial charge on any atom is 0.277 e. The standard InChI is InChI=1S/C25H19N5OS/c26-21-11-10-18(19-12-13-32-16-19)14-22(21)27-25(31)23-15-30(29-28-23)24-9-5-4-8-20(24)17-6-2-1-3-7-17/h1-16H,26H2,(H,27,31). The molecule has 0 aliphatic heterocycles. The van der Waals surface area contributed by atoms with Crippen molar-refractivity contribution in [3.05, 3.63) is 102 Å². The molecule has 0 saturated heterocycles. The lowest BCUT2D eigenvalue weighted by Gasteiger charge is -2.09. The Bertz CT molecular complexity index is 1380. The van der Waals surface area contributed by atoms with Crippen molar-refractivity contribution in [2.24, 2.45) is 0 Å². The third kappa shape index (κ3) is 3.89. The molecule has 1 amide bonds. The molecule has 5 aromatic rings. The van der Waals surface area contributed by atoms with E-state index in [1.165, 1.54) is 0 Å². The molecule has 0 saturated carbocycles. The number of hydrogen-bond acceptors (Lipinski definition) is 5. The molecule has 0 aliphatic rings. The highest BCUT2D eigenvalue weighted by Crippen LogP contribution is 2.29. The highest BCUT2D eigenvalue weighted by Gasteiger charge is 2.15. The number of nitrogen functional groups attached to an aromatic ring is 1. The number of benzene rings is 3. The van der Waals surface area contributed by atoms with E-state index in [-0.39, 0.29) is 11.6 Å². The van der Waals surface area contributed by atoms with Crippen LogP contribution >= 0.6 is 11.3 Å². The summed E-state index contributed by atoms with van der Waals surface area (Å²) in [7, 11) is 0. The maximum absolute atomic E-state index is 12.9. The van der Waals surface area contributed by atoms with Crippen molar-refractivity contribution in [1.82, 2.24) is 15.0 Å². The summed E-state index contributed by atoms with van der Waals surface area (Å²) in [6.07, 6.45) is 1.62. The Labute approximate surface area is 189 Å². The number of nitrogens with one attached hydrogen (secondary N) is 1. The van der Waals surface area contributed by atoms with Crippen molar-refractivity contribution in [2.75, 3.05) is 11.1 Å². The van der Waals surface area contributed by atoms with Crippen molar-refractivity contribution < 1.29 is 4.79 Å². The number of nitrogens with zero attached hydrogens (tertiary/aromatic N) is 3. The first-order valence-electron chi connectivity index (χ1n) is 10.00. The second-order valence-corrected chi connectivity index (χ2v) is 7.98. The molecule has 2 aromatic heterocycles. The van der Waals surface area contributed by atoms with Crippen molar-refractivity contribution in [3.63, 3.8) is 0 Å². The molecular weight excluding hydrogens is 418 g/mol. The van der Waals surface area contributed by atoms with Gasteiger partial charge in [-0.05, 0) is 51.7 Å². The van der Waals surface area contributed by atoms with Crippen molar-refractivity contribution >= 4 is 28.6 Å². The van der Waals surface area contributed by atoms with Crippen LogP contribution in [0.25, 0.3) is 27.9 Å². The Kier molecular flexibility index (Phi) is 5.23. The molecule has 0 radical (unpaired) electrons. The van der Waals surface area contributed by atoms with Crippen LogP contribution in [-0.2, 0) is 0 Å². The predicted molar refractivity (Wildman–Crippen MR) is 129 cm³/mol. The van der Waals surface area contributed by atoms with Gasteiger partial charge in [-0.15, -0.1) is 5.10 Å². The van der Waals surface area contributed by atoms with Crippen LogP contribution in [0.15, 0.2) is 95.8 Å². The Morgan fingerprint density at radius 3 is 2.53 bits per heavy atom. The molecule has 0 atom stereocenters. The van der Waals surface area contributed by atoms with Crippen LogP contribution in [0.4, 0.5) is 11.4 Å². The summed E-state index contributed by atoms with van der Waals surface area (Å²) in [5, 5.41) is 15.2. The summed E-state index contributed by atoms with van der Waals surface area (Å²) in [5.74, 6) is -0.373. The summed E-state index contributed by atoms with van der Waals surface area (Å²) in [6, 6.07) is 25.5. The van der Waals surface area contributed by atoms with E-state index in [0.29, 0.717) is 11.4 Å². The number of rotatable bonds is 5. The molecule has 0 fully saturated rings. The lowest BCUT2D eigenvalue weighted by Crippen LogP contribution is -2.13. The van der Waals surface area contributed by atoms with Crippen LogP contribution in [0.1, 0.15) is 10.5 Å². The average molecular weight is 438 g/mol. The average Bonchev–Trinajstić information content (AvgIpc) is 3.54. The fraction of sp³-hybridized carbons (Fsp3) is 0. The minimum Gasteiger partial charge on any atom is -0.397 e. The van der Waals surface area contributed by atoms with E-state index in [9.17, 15) is 4.79 Å². The van der Waals surface area contributed by atoms with Gasteiger partial charge in [-0.2, -0.15) is 11.3 Å². The first-order chi connectivity index (χ1) is 15.7. The maximum atomic E-state index is 12.9. The Hall–Kier alpha value is -4.23. The van der Waals surface area contributed by atoms with Gasteiger partial charge in [0.25, 0.3) is 5.91 Å². The van der Waals surface area contributed by atoms with Gasteiger partial charge in [-0.25, -0.2) is 4.68 Å². The van der Waals surface area contributed by atoms with Gasteiger partial charge < -0.3 is 11.1 Å². The number of nitrogens with two attached hydrogens (primary N) is 1. The number of hydrogen-bond donors (Lipinski definition) is 2. The van der Waals surface area contributed by atoms with Crippen molar-refractivity contribution in [3.8, 4) is 27.9 Å².